The topological polar surface area (TPSA) is 65.8 Å². The Balaban J connectivity index is 1.40. The molecule has 1 saturated heterocycles. The summed E-state index contributed by atoms with van der Waals surface area (Å²) in [5.41, 5.74) is 0.551. The molecule has 2 unspecified atom stereocenters. The van der Waals surface area contributed by atoms with Gasteiger partial charge >= 0.3 is 0 Å². The molecule has 1 saturated carbocycles. The quantitative estimate of drug-likeness (QED) is 0.428. The Morgan fingerprint density at radius 2 is 1.86 bits per heavy atom. The van der Waals surface area contributed by atoms with Crippen LogP contribution in [0, 0.1) is 0 Å². The fraction of sp³-hybridized carbons (Fsp3) is 0.450. The molecule has 2 fully saturated rings. The summed E-state index contributed by atoms with van der Waals surface area (Å²) in [5, 5.41) is 20.9. The number of aromatic nitrogens is 1. The molecule has 2 aliphatic rings. The van der Waals surface area contributed by atoms with Crippen LogP contribution < -0.4 is 10.0 Å². The van der Waals surface area contributed by atoms with Crippen molar-refractivity contribution in [3.05, 3.63) is 48.3 Å². The highest BCUT2D eigenvalue weighted by Gasteiger charge is 2.60. The number of aliphatic hydroxyl groups is 1. The van der Waals surface area contributed by atoms with Crippen LogP contribution in [0.2, 0.25) is 0 Å². The van der Waals surface area contributed by atoms with E-state index in [1.54, 1.807) is 6.07 Å². The van der Waals surface area contributed by atoms with Crippen LogP contribution in [0.25, 0.3) is 0 Å². The molecule has 5 atom stereocenters. The fourth-order valence-electron chi connectivity index (χ4n) is 4.34. The molecule has 1 aromatic carbocycles. The maximum Gasteiger partial charge on any atom is 0.133 e. The first-order valence-corrected chi connectivity index (χ1v) is 10.8. The SMILES string of the molecule is Oc1ccc(C(O)CN2C[C@]3(S)C[C@@H](Oc4ccccc4P)C[C@]3(S)C2)nc1. The average molecular weight is 437 g/mol. The van der Waals surface area contributed by atoms with Crippen molar-refractivity contribution in [3.8, 4) is 11.5 Å². The van der Waals surface area contributed by atoms with Crippen molar-refractivity contribution in [1.29, 1.82) is 0 Å². The third-order valence-electron chi connectivity index (χ3n) is 5.72. The number of hydrogen-bond donors (Lipinski definition) is 4. The molecule has 28 heavy (non-hydrogen) atoms. The molecule has 4 rings (SSSR count). The fourth-order valence-corrected chi connectivity index (χ4v) is 5.74. The monoisotopic (exact) mass is 436 g/mol. The Labute approximate surface area is 178 Å². The number of nitrogens with zero attached hydrogens (tertiary/aromatic N) is 2. The van der Waals surface area contributed by atoms with Gasteiger partial charge in [0.05, 0.1) is 11.9 Å². The molecule has 2 N–H and O–H groups in total. The van der Waals surface area contributed by atoms with Crippen molar-refractivity contribution in [2.45, 2.75) is 34.5 Å². The van der Waals surface area contributed by atoms with Crippen molar-refractivity contribution in [2.24, 2.45) is 0 Å². The summed E-state index contributed by atoms with van der Waals surface area (Å²) >= 11 is 10.0. The minimum absolute atomic E-state index is 0.0718. The van der Waals surface area contributed by atoms with Crippen molar-refractivity contribution in [2.75, 3.05) is 19.6 Å². The molecule has 0 spiro atoms. The average Bonchev–Trinajstić information content (AvgIpc) is 3.00. The van der Waals surface area contributed by atoms with Crippen LogP contribution in [0.4, 0.5) is 0 Å². The van der Waals surface area contributed by atoms with Gasteiger partial charge in [0.15, 0.2) is 0 Å². The van der Waals surface area contributed by atoms with Gasteiger partial charge in [0, 0.05) is 47.3 Å². The van der Waals surface area contributed by atoms with Gasteiger partial charge in [-0.2, -0.15) is 25.3 Å². The second kappa shape index (κ2) is 7.69. The number of ether oxygens (including phenoxy) is 1. The van der Waals surface area contributed by atoms with E-state index in [0.717, 1.165) is 37.0 Å². The van der Waals surface area contributed by atoms with Crippen LogP contribution >= 0.6 is 34.5 Å². The van der Waals surface area contributed by atoms with E-state index in [-0.39, 0.29) is 21.3 Å². The lowest BCUT2D eigenvalue weighted by molar-refractivity contribution is 0.115. The van der Waals surface area contributed by atoms with E-state index < -0.39 is 6.10 Å². The lowest BCUT2D eigenvalue weighted by atomic mass is 9.98. The zero-order valence-electron chi connectivity index (χ0n) is 15.4. The normalized spacial score (nSPS) is 30.9. The highest BCUT2D eigenvalue weighted by molar-refractivity contribution is 7.86. The minimum Gasteiger partial charge on any atom is -0.506 e. The maximum atomic E-state index is 10.5. The zero-order valence-corrected chi connectivity index (χ0v) is 18.3. The molecule has 1 aromatic heterocycles. The van der Waals surface area contributed by atoms with Crippen LogP contribution in [0.3, 0.4) is 0 Å². The Morgan fingerprint density at radius 3 is 2.46 bits per heavy atom. The van der Waals surface area contributed by atoms with Gasteiger partial charge in [0.25, 0.3) is 0 Å². The number of para-hydroxylation sites is 1. The van der Waals surface area contributed by atoms with E-state index in [1.165, 1.54) is 12.3 Å². The molecular weight excluding hydrogens is 411 g/mol. The molecular formula is C20H25N2O3PS2. The molecule has 150 valence electrons. The number of thiol groups is 2. The van der Waals surface area contributed by atoms with Gasteiger partial charge in [-0.1, -0.05) is 18.2 Å². The van der Waals surface area contributed by atoms with E-state index in [9.17, 15) is 10.2 Å². The molecule has 1 aliphatic carbocycles. The number of hydrogen-bond acceptors (Lipinski definition) is 7. The Kier molecular flexibility index (Phi) is 5.58. The third kappa shape index (κ3) is 3.88. The standard InChI is InChI=1S/C20H25N2O3PS2/c23-13-5-6-15(21-9-13)16(24)10-22-11-19(27)7-14(8-20(19,28)12-22)25-17-3-1-2-4-18(17)26/h1-6,9,14,16,23-24,27-28H,7-8,10-12,26H2/t14-,16?,19-,20+. The van der Waals surface area contributed by atoms with Gasteiger partial charge in [-0.05, 0) is 18.2 Å². The van der Waals surface area contributed by atoms with Gasteiger partial charge in [0.2, 0.25) is 0 Å². The van der Waals surface area contributed by atoms with E-state index in [1.807, 2.05) is 24.3 Å². The first kappa shape index (κ1) is 20.3. The van der Waals surface area contributed by atoms with Gasteiger partial charge in [0.1, 0.15) is 23.7 Å². The number of aliphatic hydroxyl groups excluding tert-OH is 1. The molecule has 8 heteroatoms. The highest BCUT2D eigenvalue weighted by atomic mass is 32.1. The molecule has 1 aliphatic heterocycles. The summed E-state index contributed by atoms with van der Waals surface area (Å²) in [7, 11) is 2.71. The van der Waals surface area contributed by atoms with Crippen LogP contribution in [0.15, 0.2) is 42.6 Å². The van der Waals surface area contributed by atoms with Crippen molar-refractivity contribution in [1.82, 2.24) is 9.88 Å². The van der Waals surface area contributed by atoms with E-state index >= 15 is 0 Å². The van der Waals surface area contributed by atoms with Gasteiger partial charge in [-0.15, -0.1) is 9.24 Å². The van der Waals surface area contributed by atoms with Gasteiger partial charge in [-0.25, -0.2) is 0 Å². The Hall–Kier alpha value is -0.980. The number of pyridine rings is 1. The smallest absolute Gasteiger partial charge is 0.133 e. The van der Waals surface area contributed by atoms with Crippen molar-refractivity contribution in [3.63, 3.8) is 0 Å². The number of benzene rings is 1. The molecule has 0 radical (unpaired) electrons. The largest absolute Gasteiger partial charge is 0.506 e. The number of rotatable bonds is 5. The number of β-amino-alcohol motifs (C(OH)–C–C–N with tert-alkyl or cyclic N) is 1. The Bertz CT molecular complexity index is 836. The minimum atomic E-state index is -0.718. The molecule has 5 nitrogen and oxygen atoms in total. The maximum absolute atomic E-state index is 10.5. The summed E-state index contributed by atoms with van der Waals surface area (Å²) in [6, 6.07) is 11.2. The first-order chi connectivity index (χ1) is 13.3. The summed E-state index contributed by atoms with van der Waals surface area (Å²) in [6.45, 7) is 1.93. The predicted molar refractivity (Wildman–Crippen MR) is 120 cm³/mol. The van der Waals surface area contributed by atoms with Gasteiger partial charge in [-0.3, -0.25) is 9.88 Å². The summed E-state index contributed by atoms with van der Waals surface area (Å²) in [6.07, 6.45) is 2.32. The van der Waals surface area contributed by atoms with Crippen molar-refractivity contribution >= 4 is 39.8 Å². The van der Waals surface area contributed by atoms with Crippen molar-refractivity contribution < 1.29 is 14.9 Å². The molecule has 2 aromatic rings. The first-order valence-electron chi connectivity index (χ1n) is 9.29. The van der Waals surface area contributed by atoms with Crippen LogP contribution in [-0.4, -0.2) is 55.3 Å². The molecule has 0 amide bonds. The second-order valence-electron chi connectivity index (χ2n) is 7.88. The number of fused-ring (bicyclic) bond motifs is 1. The summed E-state index contributed by atoms with van der Waals surface area (Å²) in [5.74, 6) is 0.977. The Morgan fingerprint density at radius 1 is 1.18 bits per heavy atom. The third-order valence-corrected chi connectivity index (χ3v) is 7.88. The highest BCUT2D eigenvalue weighted by Crippen LogP contribution is 2.54. The van der Waals surface area contributed by atoms with E-state index in [4.69, 9.17) is 30.0 Å². The van der Waals surface area contributed by atoms with Crippen LogP contribution in [0.5, 0.6) is 11.5 Å². The number of aromatic hydroxyl groups is 1. The second-order valence-corrected chi connectivity index (χ2v) is 10.2. The molecule has 0 bridgehead atoms. The van der Waals surface area contributed by atoms with E-state index in [0.29, 0.717) is 12.2 Å². The summed E-state index contributed by atoms with van der Waals surface area (Å²) in [4.78, 5) is 6.30. The van der Waals surface area contributed by atoms with Gasteiger partial charge < -0.3 is 14.9 Å². The zero-order chi connectivity index (χ0) is 19.9. The lowest BCUT2D eigenvalue weighted by Gasteiger charge is -2.29. The van der Waals surface area contributed by atoms with Crippen LogP contribution in [-0.2, 0) is 0 Å². The predicted octanol–water partition coefficient (Wildman–Crippen LogP) is 2.22. The lowest BCUT2D eigenvalue weighted by Crippen LogP contribution is -2.39. The van der Waals surface area contributed by atoms with E-state index in [2.05, 4.69) is 19.1 Å². The van der Waals surface area contributed by atoms with Crippen LogP contribution in [0.1, 0.15) is 24.6 Å². The summed E-state index contributed by atoms with van der Waals surface area (Å²) < 4.78 is 5.69. The molecule has 2 heterocycles. The number of likely N-dealkylation sites (tertiary alicyclic amines) is 1.